The van der Waals surface area contributed by atoms with Gasteiger partial charge in [0.05, 0.1) is 18.8 Å². The predicted molar refractivity (Wildman–Crippen MR) is 67.8 cm³/mol. The fraction of sp³-hybridized carbons (Fsp3) is 1.00. The smallest absolute Gasteiger partial charge is 0.0900 e. The molecule has 0 saturated carbocycles. The Bertz CT molecular complexity index is 234. The summed E-state index contributed by atoms with van der Waals surface area (Å²) in [5, 5.41) is 9.98. The van der Waals surface area contributed by atoms with Crippen molar-refractivity contribution in [3.8, 4) is 0 Å². The van der Waals surface area contributed by atoms with E-state index in [0.29, 0.717) is 24.7 Å². The van der Waals surface area contributed by atoms with Crippen molar-refractivity contribution in [1.82, 2.24) is 4.90 Å². The molecule has 2 aliphatic rings. The zero-order valence-corrected chi connectivity index (χ0v) is 11.0. The van der Waals surface area contributed by atoms with E-state index in [1.165, 1.54) is 12.8 Å². The molecule has 4 heteroatoms. The van der Waals surface area contributed by atoms with Gasteiger partial charge in [-0.25, -0.2) is 0 Å². The summed E-state index contributed by atoms with van der Waals surface area (Å²) < 4.78 is 5.46. The molecule has 2 bridgehead atoms. The summed E-state index contributed by atoms with van der Waals surface area (Å²) >= 11 is 0. The second-order valence-electron chi connectivity index (χ2n) is 5.85. The highest BCUT2D eigenvalue weighted by Crippen LogP contribution is 2.34. The van der Waals surface area contributed by atoms with Crippen LogP contribution >= 0.6 is 0 Å². The molecule has 0 amide bonds. The minimum absolute atomic E-state index is 0.191. The SMILES string of the molecule is CC(C)OCC(O)CN1C2CCC1CC(N)C2. The highest BCUT2D eigenvalue weighted by Gasteiger charge is 2.39. The van der Waals surface area contributed by atoms with E-state index in [4.69, 9.17) is 10.5 Å². The Morgan fingerprint density at radius 1 is 1.29 bits per heavy atom. The van der Waals surface area contributed by atoms with Crippen molar-refractivity contribution < 1.29 is 9.84 Å². The molecular weight excluding hydrogens is 216 g/mol. The van der Waals surface area contributed by atoms with E-state index in [-0.39, 0.29) is 12.2 Å². The fourth-order valence-electron chi connectivity index (χ4n) is 3.21. The van der Waals surface area contributed by atoms with E-state index in [1.54, 1.807) is 0 Å². The number of nitrogens with two attached hydrogens (primary N) is 1. The number of hydrogen-bond donors (Lipinski definition) is 2. The maximum atomic E-state index is 9.98. The molecule has 0 aromatic carbocycles. The minimum Gasteiger partial charge on any atom is -0.389 e. The molecule has 0 aromatic rings. The lowest BCUT2D eigenvalue weighted by atomic mass is 9.98. The van der Waals surface area contributed by atoms with Crippen LogP contribution < -0.4 is 5.73 Å². The zero-order valence-electron chi connectivity index (χ0n) is 11.0. The van der Waals surface area contributed by atoms with Crippen LogP contribution in [-0.4, -0.2) is 53.5 Å². The zero-order chi connectivity index (χ0) is 12.4. The van der Waals surface area contributed by atoms with Crippen molar-refractivity contribution in [2.75, 3.05) is 13.2 Å². The topological polar surface area (TPSA) is 58.7 Å². The Hall–Kier alpha value is -0.160. The monoisotopic (exact) mass is 242 g/mol. The van der Waals surface area contributed by atoms with Gasteiger partial charge in [-0.2, -0.15) is 0 Å². The Morgan fingerprint density at radius 3 is 2.41 bits per heavy atom. The van der Waals surface area contributed by atoms with Crippen molar-refractivity contribution in [3.63, 3.8) is 0 Å². The molecule has 3 unspecified atom stereocenters. The summed E-state index contributed by atoms with van der Waals surface area (Å²) in [6.07, 6.45) is 4.50. The average Bonchev–Trinajstić information content (AvgIpc) is 2.49. The summed E-state index contributed by atoms with van der Waals surface area (Å²) in [5.41, 5.74) is 6.03. The van der Waals surface area contributed by atoms with E-state index in [2.05, 4.69) is 4.90 Å². The van der Waals surface area contributed by atoms with Gasteiger partial charge in [0.2, 0.25) is 0 Å². The number of piperidine rings is 1. The molecule has 2 rings (SSSR count). The normalized spacial score (nSPS) is 35.5. The summed E-state index contributed by atoms with van der Waals surface area (Å²) in [7, 11) is 0. The van der Waals surface area contributed by atoms with Gasteiger partial charge in [-0.3, -0.25) is 4.90 Å². The van der Waals surface area contributed by atoms with Gasteiger partial charge in [-0.1, -0.05) is 0 Å². The molecule has 2 aliphatic heterocycles. The van der Waals surface area contributed by atoms with Gasteiger partial charge in [-0.15, -0.1) is 0 Å². The molecule has 2 fully saturated rings. The lowest BCUT2D eigenvalue weighted by molar-refractivity contribution is -0.0212. The lowest BCUT2D eigenvalue weighted by Gasteiger charge is -2.38. The van der Waals surface area contributed by atoms with E-state index in [9.17, 15) is 5.11 Å². The van der Waals surface area contributed by atoms with Gasteiger partial charge in [0, 0.05) is 24.7 Å². The molecule has 4 nitrogen and oxygen atoms in total. The predicted octanol–water partition coefficient (Wildman–Crippen LogP) is 0.726. The summed E-state index contributed by atoms with van der Waals surface area (Å²) in [6.45, 7) is 5.18. The third-order valence-electron chi connectivity index (χ3n) is 3.96. The first-order valence-corrected chi connectivity index (χ1v) is 6.87. The maximum Gasteiger partial charge on any atom is 0.0900 e. The number of aliphatic hydroxyl groups is 1. The molecule has 17 heavy (non-hydrogen) atoms. The van der Waals surface area contributed by atoms with E-state index in [0.717, 1.165) is 19.4 Å². The van der Waals surface area contributed by atoms with Crippen LogP contribution in [0.25, 0.3) is 0 Å². The van der Waals surface area contributed by atoms with Crippen LogP contribution in [0.15, 0.2) is 0 Å². The molecule has 3 atom stereocenters. The van der Waals surface area contributed by atoms with Gasteiger partial charge in [0.1, 0.15) is 0 Å². The largest absolute Gasteiger partial charge is 0.389 e. The number of rotatable bonds is 5. The summed E-state index contributed by atoms with van der Waals surface area (Å²) in [6, 6.07) is 1.56. The van der Waals surface area contributed by atoms with Gasteiger partial charge < -0.3 is 15.6 Å². The Kier molecular flexibility index (Phi) is 4.42. The summed E-state index contributed by atoms with van der Waals surface area (Å²) in [4.78, 5) is 2.46. The van der Waals surface area contributed by atoms with Crippen molar-refractivity contribution in [2.24, 2.45) is 5.73 Å². The van der Waals surface area contributed by atoms with Crippen LogP contribution in [0.4, 0.5) is 0 Å². The molecule has 2 heterocycles. The lowest BCUT2D eigenvalue weighted by Crippen LogP contribution is -2.50. The molecule has 0 radical (unpaired) electrons. The molecule has 100 valence electrons. The van der Waals surface area contributed by atoms with Crippen LogP contribution in [0, 0.1) is 0 Å². The fourth-order valence-corrected chi connectivity index (χ4v) is 3.21. The first-order valence-electron chi connectivity index (χ1n) is 6.87. The highest BCUT2D eigenvalue weighted by atomic mass is 16.5. The van der Waals surface area contributed by atoms with Gasteiger partial charge in [0.15, 0.2) is 0 Å². The molecule has 3 N–H and O–H groups in total. The van der Waals surface area contributed by atoms with Gasteiger partial charge >= 0.3 is 0 Å². The first kappa shape index (κ1) is 13.3. The molecule has 0 aliphatic carbocycles. The molecule has 2 saturated heterocycles. The number of nitrogens with zero attached hydrogens (tertiary/aromatic N) is 1. The quantitative estimate of drug-likeness (QED) is 0.746. The molecular formula is C13H26N2O2. The molecule has 0 aromatic heterocycles. The molecule has 0 spiro atoms. The van der Waals surface area contributed by atoms with Crippen LogP contribution in [0.3, 0.4) is 0 Å². The summed E-state index contributed by atoms with van der Waals surface area (Å²) in [5.74, 6) is 0. The van der Waals surface area contributed by atoms with Crippen LogP contribution in [0.5, 0.6) is 0 Å². The second-order valence-corrected chi connectivity index (χ2v) is 5.85. The van der Waals surface area contributed by atoms with E-state index in [1.807, 2.05) is 13.8 Å². The van der Waals surface area contributed by atoms with Crippen LogP contribution in [0.1, 0.15) is 39.5 Å². The van der Waals surface area contributed by atoms with Crippen molar-refractivity contribution >= 4 is 0 Å². The van der Waals surface area contributed by atoms with E-state index >= 15 is 0 Å². The Balaban J connectivity index is 1.79. The van der Waals surface area contributed by atoms with Crippen LogP contribution in [0.2, 0.25) is 0 Å². The average molecular weight is 242 g/mol. The van der Waals surface area contributed by atoms with Crippen molar-refractivity contribution in [1.29, 1.82) is 0 Å². The van der Waals surface area contributed by atoms with Crippen molar-refractivity contribution in [3.05, 3.63) is 0 Å². The van der Waals surface area contributed by atoms with E-state index < -0.39 is 0 Å². The highest BCUT2D eigenvalue weighted by molar-refractivity contribution is 4.97. The maximum absolute atomic E-state index is 9.98. The number of ether oxygens (including phenoxy) is 1. The first-order chi connectivity index (χ1) is 8.06. The number of hydrogen-bond acceptors (Lipinski definition) is 4. The Morgan fingerprint density at radius 2 is 1.88 bits per heavy atom. The Labute approximate surface area is 104 Å². The van der Waals surface area contributed by atoms with Crippen LogP contribution in [-0.2, 0) is 4.74 Å². The van der Waals surface area contributed by atoms with Crippen molar-refractivity contribution in [2.45, 2.75) is 69.9 Å². The number of aliphatic hydroxyl groups excluding tert-OH is 1. The third kappa shape index (κ3) is 3.41. The van der Waals surface area contributed by atoms with Gasteiger partial charge in [0.25, 0.3) is 0 Å². The minimum atomic E-state index is -0.366. The second kappa shape index (κ2) is 5.65. The standard InChI is InChI=1S/C13H26N2O2/c1-9(2)17-8-13(16)7-15-11-3-4-12(15)6-10(14)5-11/h9-13,16H,3-8,14H2,1-2H3. The number of fused-ring (bicyclic) bond motifs is 2. The van der Waals surface area contributed by atoms with Gasteiger partial charge in [-0.05, 0) is 39.5 Å². The third-order valence-corrected chi connectivity index (χ3v) is 3.96.